The second kappa shape index (κ2) is 11.7. The van der Waals surface area contributed by atoms with Crippen molar-refractivity contribution in [3.05, 3.63) is 62.1 Å². The zero-order valence-corrected chi connectivity index (χ0v) is 18.5. The van der Waals surface area contributed by atoms with Gasteiger partial charge in [0.05, 0.1) is 18.1 Å². The van der Waals surface area contributed by atoms with E-state index in [0.717, 1.165) is 35.2 Å². The van der Waals surface area contributed by atoms with Gasteiger partial charge in [-0.2, -0.15) is 0 Å². The number of non-ortho nitro benzene ring substituents is 1. The first kappa shape index (κ1) is 23.1. The molecule has 0 atom stereocenters. The molecule has 7 nitrogen and oxygen atoms in total. The van der Waals surface area contributed by atoms with Crippen molar-refractivity contribution < 1.29 is 19.1 Å². The monoisotopic (exact) mass is 466 g/mol. The van der Waals surface area contributed by atoms with Crippen LogP contribution in [0.2, 0.25) is 0 Å². The summed E-state index contributed by atoms with van der Waals surface area (Å²) in [4.78, 5) is 10.3. The summed E-state index contributed by atoms with van der Waals surface area (Å²) in [5, 5.41) is 14.1. The van der Waals surface area contributed by atoms with Gasteiger partial charge in [0.1, 0.15) is 6.61 Å². The number of ether oxygens (including phenoxy) is 3. The molecule has 2 aromatic rings. The SMILES string of the molecule is COc1cc(CNCCCOC(C)C)c(Br)cc1OCc1ccc([N+](=O)[O-])cc1. The highest BCUT2D eigenvalue weighted by molar-refractivity contribution is 9.10. The molecule has 0 saturated carbocycles. The maximum absolute atomic E-state index is 10.7. The van der Waals surface area contributed by atoms with E-state index in [1.165, 1.54) is 12.1 Å². The zero-order chi connectivity index (χ0) is 21.2. The molecule has 0 aliphatic carbocycles. The maximum atomic E-state index is 10.7. The second-order valence-electron chi connectivity index (χ2n) is 6.76. The van der Waals surface area contributed by atoms with Crippen LogP contribution in [-0.2, 0) is 17.9 Å². The van der Waals surface area contributed by atoms with Gasteiger partial charge >= 0.3 is 0 Å². The fourth-order valence-corrected chi connectivity index (χ4v) is 3.06. The maximum Gasteiger partial charge on any atom is 0.269 e. The largest absolute Gasteiger partial charge is 0.493 e. The molecule has 0 aromatic heterocycles. The number of nitro groups is 1. The smallest absolute Gasteiger partial charge is 0.269 e. The van der Waals surface area contributed by atoms with Crippen molar-refractivity contribution in [3.8, 4) is 11.5 Å². The Morgan fingerprint density at radius 1 is 1.17 bits per heavy atom. The molecule has 0 heterocycles. The minimum Gasteiger partial charge on any atom is -0.493 e. The third-order valence-corrected chi connectivity index (χ3v) is 4.88. The highest BCUT2D eigenvalue weighted by Crippen LogP contribution is 2.34. The van der Waals surface area contributed by atoms with Crippen LogP contribution in [0, 0.1) is 10.1 Å². The molecule has 0 radical (unpaired) electrons. The lowest BCUT2D eigenvalue weighted by atomic mass is 10.2. The van der Waals surface area contributed by atoms with Crippen molar-refractivity contribution >= 4 is 21.6 Å². The molecule has 0 spiro atoms. The molecule has 0 amide bonds. The van der Waals surface area contributed by atoms with E-state index in [9.17, 15) is 10.1 Å². The lowest BCUT2D eigenvalue weighted by Crippen LogP contribution is -2.17. The summed E-state index contributed by atoms with van der Waals surface area (Å²) in [7, 11) is 1.60. The van der Waals surface area contributed by atoms with Crippen molar-refractivity contribution in [2.24, 2.45) is 0 Å². The van der Waals surface area contributed by atoms with Gasteiger partial charge in [0.25, 0.3) is 5.69 Å². The number of rotatable bonds is 12. The van der Waals surface area contributed by atoms with Crippen molar-refractivity contribution in [1.29, 1.82) is 0 Å². The molecule has 0 saturated heterocycles. The fourth-order valence-electron chi connectivity index (χ4n) is 2.60. The van der Waals surface area contributed by atoms with Crippen molar-refractivity contribution in [2.45, 2.75) is 39.5 Å². The Balaban J connectivity index is 1.92. The van der Waals surface area contributed by atoms with Crippen LogP contribution in [0.3, 0.4) is 0 Å². The average Bonchev–Trinajstić information content (AvgIpc) is 2.70. The summed E-state index contributed by atoms with van der Waals surface area (Å²) >= 11 is 3.59. The summed E-state index contributed by atoms with van der Waals surface area (Å²) in [6, 6.07) is 10.1. The number of nitro benzene ring substituents is 1. The number of methoxy groups -OCH3 is 1. The Labute approximate surface area is 179 Å². The van der Waals surface area contributed by atoms with Gasteiger partial charge in [-0.25, -0.2) is 0 Å². The molecular formula is C21H27BrN2O5. The molecule has 2 aromatic carbocycles. The minimum atomic E-state index is -0.422. The average molecular weight is 467 g/mol. The van der Waals surface area contributed by atoms with Crippen LogP contribution in [0.5, 0.6) is 11.5 Å². The first-order valence-electron chi connectivity index (χ1n) is 9.45. The van der Waals surface area contributed by atoms with Crippen LogP contribution in [-0.4, -0.2) is 31.3 Å². The third-order valence-electron chi connectivity index (χ3n) is 4.14. The van der Waals surface area contributed by atoms with Crippen LogP contribution in [0.25, 0.3) is 0 Å². The highest BCUT2D eigenvalue weighted by Gasteiger charge is 2.11. The Morgan fingerprint density at radius 2 is 1.90 bits per heavy atom. The van der Waals surface area contributed by atoms with Crippen LogP contribution in [0.15, 0.2) is 40.9 Å². The number of nitrogens with zero attached hydrogens (tertiary/aromatic N) is 1. The van der Waals surface area contributed by atoms with Crippen molar-refractivity contribution in [3.63, 3.8) is 0 Å². The molecule has 0 bridgehead atoms. The lowest BCUT2D eigenvalue weighted by molar-refractivity contribution is -0.384. The fraction of sp³-hybridized carbons (Fsp3) is 0.429. The van der Waals surface area contributed by atoms with Crippen LogP contribution in [0.1, 0.15) is 31.4 Å². The molecule has 0 aliphatic rings. The number of benzene rings is 2. The summed E-state index contributed by atoms with van der Waals surface area (Å²) in [6.45, 7) is 6.64. The Kier molecular flexibility index (Phi) is 9.37. The van der Waals surface area contributed by atoms with Gasteiger partial charge < -0.3 is 19.5 Å². The summed E-state index contributed by atoms with van der Waals surface area (Å²) in [5.41, 5.74) is 1.96. The van der Waals surface area contributed by atoms with Gasteiger partial charge in [0, 0.05) is 29.8 Å². The summed E-state index contributed by atoms with van der Waals surface area (Å²) < 4.78 is 17.8. The zero-order valence-electron chi connectivity index (χ0n) is 16.9. The predicted molar refractivity (Wildman–Crippen MR) is 116 cm³/mol. The van der Waals surface area contributed by atoms with Gasteiger partial charge in [-0.3, -0.25) is 10.1 Å². The molecule has 2 rings (SSSR count). The van der Waals surface area contributed by atoms with Crippen molar-refractivity contribution in [1.82, 2.24) is 5.32 Å². The molecule has 0 fully saturated rings. The quantitative estimate of drug-likeness (QED) is 0.273. The molecule has 0 unspecified atom stereocenters. The topological polar surface area (TPSA) is 82.9 Å². The normalized spacial score (nSPS) is 10.9. The van der Waals surface area contributed by atoms with E-state index in [0.29, 0.717) is 18.0 Å². The van der Waals surface area contributed by atoms with E-state index in [1.54, 1.807) is 19.2 Å². The van der Waals surface area contributed by atoms with Crippen LogP contribution < -0.4 is 14.8 Å². The van der Waals surface area contributed by atoms with E-state index >= 15 is 0 Å². The summed E-state index contributed by atoms with van der Waals surface area (Å²) in [5.74, 6) is 1.24. The minimum absolute atomic E-state index is 0.0571. The Hall–Kier alpha value is -2.16. The van der Waals surface area contributed by atoms with Gasteiger partial charge in [-0.05, 0) is 62.2 Å². The first-order chi connectivity index (χ1) is 13.9. The van der Waals surface area contributed by atoms with Gasteiger partial charge in [-0.1, -0.05) is 15.9 Å². The molecule has 1 N–H and O–H groups in total. The number of nitrogens with one attached hydrogen (secondary N) is 1. The Bertz CT molecular complexity index is 796. The van der Waals surface area contributed by atoms with E-state index in [1.807, 2.05) is 26.0 Å². The molecule has 0 aliphatic heterocycles. The molecule has 158 valence electrons. The third kappa shape index (κ3) is 7.64. The second-order valence-corrected chi connectivity index (χ2v) is 7.61. The van der Waals surface area contributed by atoms with Crippen molar-refractivity contribution in [2.75, 3.05) is 20.3 Å². The van der Waals surface area contributed by atoms with Gasteiger partial charge in [-0.15, -0.1) is 0 Å². The highest BCUT2D eigenvalue weighted by atomic mass is 79.9. The van der Waals surface area contributed by atoms with Gasteiger partial charge in [0.2, 0.25) is 0 Å². The van der Waals surface area contributed by atoms with E-state index < -0.39 is 4.92 Å². The molecular weight excluding hydrogens is 440 g/mol. The van der Waals surface area contributed by atoms with Gasteiger partial charge in [0.15, 0.2) is 11.5 Å². The van der Waals surface area contributed by atoms with E-state index in [4.69, 9.17) is 14.2 Å². The summed E-state index contributed by atoms with van der Waals surface area (Å²) in [6.07, 6.45) is 1.20. The molecule has 29 heavy (non-hydrogen) atoms. The standard InChI is InChI=1S/C21H27BrN2O5/c1-15(2)28-10-4-9-23-13-17-11-20(27-3)21(12-19(17)22)29-14-16-5-7-18(8-6-16)24(25)26/h5-8,11-12,15,23H,4,9-10,13-14H2,1-3H3. The van der Waals surface area contributed by atoms with E-state index in [2.05, 4.69) is 21.2 Å². The van der Waals surface area contributed by atoms with E-state index in [-0.39, 0.29) is 18.4 Å². The Morgan fingerprint density at radius 3 is 2.52 bits per heavy atom. The number of halogens is 1. The van der Waals surface area contributed by atoms with Crippen LogP contribution >= 0.6 is 15.9 Å². The lowest BCUT2D eigenvalue weighted by Gasteiger charge is -2.15. The number of hydrogen-bond acceptors (Lipinski definition) is 6. The first-order valence-corrected chi connectivity index (χ1v) is 10.2. The van der Waals surface area contributed by atoms with Crippen LogP contribution in [0.4, 0.5) is 5.69 Å². The number of hydrogen-bond donors (Lipinski definition) is 1. The molecule has 8 heteroatoms. The predicted octanol–water partition coefficient (Wildman–Crippen LogP) is 4.85.